The zero-order chi connectivity index (χ0) is 25.7. The number of hydrogen-bond donors (Lipinski definition) is 0. The zero-order valence-electron chi connectivity index (χ0n) is 20.5. The minimum Gasteiger partial charge on any atom is -0.497 e. The topological polar surface area (TPSA) is 76.1 Å². The minimum atomic E-state index is -0.863. The second-order valence-corrected chi connectivity index (χ2v) is 9.51. The molecule has 0 bridgehead atoms. The second-order valence-electron chi connectivity index (χ2n) is 9.51. The van der Waals surface area contributed by atoms with Crippen molar-refractivity contribution in [2.75, 3.05) is 14.2 Å². The number of Topliss-reactive ketones (excluding diaryl/α,β-unsaturated/α-hetero) is 1. The summed E-state index contributed by atoms with van der Waals surface area (Å²) in [5.41, 5.74) is 3.11. The summed E-state index contributed by atoms with van der Waals surface area (Å²) < 4.78 is 10.9. The maximum atomic E-state index is 14.2. The third-order valence-corrected chi connectivity index (χ3v) is 7.68. The number of carbonyl (C=O) groups excluding carboxylic acids is 3. The van der Waals surface area contributed by atoms with Gasteiger partial charge in [0.05, 0.1) is 44.2 Å². The van der Waals surface area contributed by atoms with Crippen LogP contribution in [0.5, 0.6) is 11.5 Å². The Kier molecular flexibility index (Phi) is 5.56. The fourth-order valence-corrected chi connectivity index (χ4v) is 6.01. The molecule has 3 aliphatic heterocycles. The van der Waals surface area contributed by atoms with Gasteiger partial charge in [-0.25, -0.2) is 0 Å². The number of methoxy groups -OCH3 is 2. The Labute approximate surface area is 214 Å². The van der Waals surface area contributed by atoms with Crippen LogP contribution in [0.3, 0.4) is 0 Å². The maximum Gasteiger partial charge on any atom is 0.236 e. The average molecular weight is 495 g/mol. The van der Waals surface area contributed by atoms with Crippen molar-refractivity contribution in [1.82, 2.24) is 9.80 Å². The molecular weight excluding hydrogens is 468 g/mol. The molecule has 0 saturated carbocycles. The first-order valence-electron chi connectivity index (χ1n) is 12.2. The predicted octanol–water partition coefficient (Wildman–Crippen LogP) is 4.10. The number of ether oxygens (including phenoxy) is 2. The van der Waals surface area contributed by atoms with Crippen molar-refractivity contribution < 1.29 is 23.9 Å². The number of ketones is 1. The number of nitrogens with zero attached hydrogens (tertiary/aromatic N) is 2. The lowest BCUT2D eigenvalue weighted by Crippen LogP contribution is -2.44. The van der Waals surface area contributed by atoms with E-state index in [0.717, 1.165) is 16.7 Å². The zero-order valence-corrected chi connectivity index (χ0v) is 20.5. The van der Waals surface area contributed by atoms with E-state index in [4.69, 9.17) is 9.47 Å². The summed E-state index contributed by atoms with van der Waals surface area (Å²) >= 11 is 0. The lowest BCUT2D eigenvalue weighted by Gasteiger charge is -2.35. The molecule has 3 heterocycles. The van der Waals surface area contributed by atoms with Gasteiger partial charge in [-0.1, -0.05) is 54.6 Å². The van der Waals surface area contributed by atoms with Crippen LogP contribution >= 0.6 is 0 Å². The van der Waals surface area contributed by atoms with Gasteiger partial charge in [-0.3, -0.25) is 19.3 Å². The van der Waals surface area contributed by atoms with Gasteiger partial charge < -0.3 is 14.4 Å². The van der Waals surface area contributed by atoms with Gasteiger partial charge in [0.15, 0.2) is 5.78 Å². The summed E-state index contributed by atoms with van der Waals surface area (Å²) in [5.74, 6) is -1.43. The first kappa shape index (κ1) is 23.0. The van der Waals surface area contributed by atoms with Crippen molar-refractivity contribution in [3.05, 3.63) is 101 Å². The smallest absolute Gasteiger partial charge is 0.236 e. The molecule has 3 aromatic rings. The van der Waals surface area contributed by atoms with E-state index in [1.54, 1.807) is 18.2 Å². The predicted molar refractivity (Wildman–Crippen MR) is 137 cm³/mol. The number of benzene rings is 3. The standard InChI is InChI=1S/C30H26N2O5/c1-36-20-12-13-23(37-2)22(16-20)28(33)27-25-24(26-21-11-7-6-10-19(21)14-15-31(26)27)29(34)32(30(25)35)17-18-8-4-3-5-9-18/h3-16,24-27H,17H2,1-2H3/t24-,25+,26-,27-/m0/s1. The molecule has 0 N–H and O–H groups in total. The quantitative estimate of drug-likeness (QED) is 0.380. The maximum absolute atomic E-state index is 14.2. The first-order chi connectivity index (χ1) is 18.0. The molecule has 3 aromatic carbocycles. The summed E-state index contributed by atoms with van der Waals surface area (Å²) in [7, 11) is 3.03. The van der Waals surface area contributed by atoms with Crippen molar-refractivity contribution in [1.29, 1.82) is 0 Å². The van der Waals surface area contributed by atoms with Gasteiger partial charge in [0, 0.05) is 6.20 Å². The molecule has 2 fully saturated rings. The fourth-order valence-electron chi connectivity index (χ4n) is 6.01. The SMILES string of the molecule is COc1ccc(OC)c(C(=O)[C@@H]2[C@@H]3C(=O)N(Cc4ccccc4)C(=O)[C@@H]3[C@@H]3c4ccccc4C=CN23)c1. The van der Waals surface area contributed by atoms with Crippen LogP contribution in [0.25, 0.3) is 6.08 Å². The summed E-state index contributed by atoms with van der Waals surface area (Å²) in [5, 5.41) is 0. The number of imide groups is 1. The highest BCUT2D eigenvalue weighted by Crippen LogP contribution is 2.53. The molecule has 0 aliphatic carbocycles. The number of fused-ring (bicyclic) bond motifs is 5. The summed E-state index contributed by atoms with van der Waals surface area (Å²) in [6.45, 7) is 0.180. The Hall–Kier alpha value is -4.39. The first-order valence-corrected chi connectivity index (χ1v) is 12.2. The van der Waals surface area contributed by atoms with Gasteiger partial charge in [-0.05, 0) is 41.0 Å². The van der Waals surface area contributed by atoms with Crippen LogP contribution in [-0.2, 0) is 16.1 Å². The number of rotatable bonds is 6. The van der Waals surface area contributed by atoms with Gasteiger partial charge in [-0.2, -0.15) is 0 Å². The van der Waals surface area contributed by atoms with Crippen LogP contribution in [0.1, 0.15) is 33.1 Å². The summed E-state index contributed by atoms with van der Waals surface area (Å²) in [4.78, 5) is 45.3. The largest absolute Gasteiger partial charge is 0.497 e. The van der Waals surface area contributed by atoms with Gasteiger partial charge >= 0.3 is 0 Å². The lowest BCUT2D eigenvalue weighted by molar-refractivity contribution is -0.142. The van der Waals surface area contributed by atoms with Crippen molar-refractivity contribution in [2.45, 2.75) is 18.6 Å². The number of amides is 2. The van der Waals surface area contributed by atoms with Crippen LogP contribution < -0.4 is 9.47 Å². The van der Waals surface area contributed by atoms with E-state index in [9.17, 15) is 14.4 Å². The van der Waals surface area contributed by atoms with Crippen LogP contribution in [0.15, 0.2) is 79.0 Å². The molecule has 6 rings (SSSR count). The highest BCUT2D eigenvalue weighted by Gasteiger charge is 2.64. The Balaban J connectivity index is 1.47. The monoisotopic (exact) mass is 494 g/mol. The van der Waals surface area contributed by atoms with Crippen LogP contribution in [0.2, 0.25) is 0 Å². The number of carbonyl (C=O) groups is 3. The Bertz CT molecular complexity index is 1430. The minimum absolute atomic E-state index is 0.180. The average Bonchev–Trinajstić information content (AvgIpc) is 3.41. The van der Waals surface area contributed by atoms with E-state index >= 15 is 0 Å². The molecule has 2 saturated heterocycles. The van der Waals surface area contributed by atoms with Crippen LogP contribution in [-0.4, -0.2) is 47.7 Å². The Morgan fingerprint density at radius 1 is 0.865 bits per heavy atom. The van der Waals surface area contributed by atoms with Crippen LogP contribution in [0.4, 0.5) is 0 Å². The van der Waals surface area contributed by atoms with Crippen molar-refractivity contribution >= 4 is 23.7 Å². The van der Waals surface area contributed by atoms with Gasteiger partial charge in [-0.15, -0.1) is 0 Å². The van der Waals surface area contributed by atoms with E-state index in [0.29, 0.717) is 17.1 Å². The molecule has 2 amide bonds. The van der Waals surface area contributed by atoms with Gasteiger partial charge in [0.25, 0.3) is 0 Å². The molecule has 0 aromatic heterocycles. The molecule has 4 atom stereocenters. The number of likely N-dealkylation sites (tertiary alicyclic amines) is 1. The third-order valence-electron chi connectivity index (χ3n) is 7.68. The summed E-state index contributed by atoms with van der Waals surface area (Å²) in [6, 6.07) is 21.0. The Morgan fingerprint density at radius 2 is 1.59 bits per heavy atom. The van der Waals surface area contributed by atoms with Gasteiger partial charge in [0.2, 0.25) is 11.8 Å². The van der Waals surface area contributed by atoms with E-state index in [-0.39, 0.29) is 24.1 Å². The van der Waals surface area contributed by atoms with Crippen molar-refractivity contribution in [3.63, 3.8) is 0 Å². The highest BCUT2D eigenvalue weighted by atomic mass is 16.5. The molecule has 0 unspecified atom stereocenters. The normalized spacial score (nSPS) is 23.5. The van der Waals surface area contributed by atoms with E-state index in [2.05, 4.69) is 0 Å². The molecule has 0 spiro atoms. The van der Waals surface area contributed by atoms with Gasteiger partial charge in [0.1, 0.15) is 17.5 Å². The highest BCUT2D eigenvalue weighted by molar-refractivity contribution is 6.12. The molecule has 0 radical (unpaired) electrons. The van der Waals surface area contributed by atoms with E-state index in [1.807, 2.05) is 71.8 Å². The molecule has 7 nitrogen and oxygen atoms in total. The fraction of sp³-hybridized carbons (Fsp3) is 0.233. The molecule has 7 heteroatoms. The molecule has 186 valence electrons. The van der Waals surface area contributed by atoms with Crippen molar-refractivity contribution in [3.8, 4) is 11.5 Å². The third kappa shape index (κ3) is 3.53. The van der Waals surface area contributed by atoms with E-state index < -0.39 is 23.9 Å². The van der Waals surface area contributed by atoms with Crippen molar-refractivity contribution in [2.24, 2.45) is 11.8 Å². The Morgan fingerprint density at radius 3 is 2.35 bits per heavy atom. The second kappa shape index (κ2) is 8.92. The lowest BCUT2D eigenvalue weighted by atomic mass is 9.83. The molecular formula is C30H26N2O5. The van der Waals surface area contributed by atoms with Crippen LogP contribution in [0, 0.1) is 11.8 Å². The summed E-state index contributed by atoms with van der Waals surface area (Å²) in [6.07, 6.45) is 3.79. The van der Waals surface area contributed by atoms with E-state index in [1.165, 1.54) is 19.1 Å². The molecule has 3 aliphatic rings. The molecule has 37 heavy (non-hydrogen) atoms. The number of hydrogen-bond acceptors (Lipinski definition) is 6.